The molecule has 2 aliphatic heterocycles. The molecule has 0 aromatic heterocycles. The van der Waals surface area contributed by atoms with E-state index in [9.17, 15) is 19.2 Å². The molecular weight excluding hydrogens is 518 g/mol. The molecule has 0 aliphatic carbocycles. The fraction of sp³-hybridized carbons (Fsp3) is 0.750. The number of nitrogens with one attached hydrogen (secondary N) is 2. The van der Waals surface area contributed by atoms with Gasteiger partial charge >= 0.3 is 0 Å². The molecule has 0 bridgehead atoms. The largest absolute Gasteiger partial charge is 0.351 e. The lowest BCUT2D eigenvalue weighted by Crippen LogP contribution is -2.60. The van der Waals surface area contributed by atoms with Crippen LogP contribution in [-0.4, -0.2) is 95.2 Å². The summed E-state index contributed by atoms with van der Waals surface area (Å²) in [5, 5.41) is 5.93. The molecule has 0 aromatic carbocycles. The summed E-state index contributed by atoms with van der Waals surface area (Å²) in [7, 11) is 1.74. The molecule has 0 saturated carbocycles. The van der Waals surface area contributed by atoms with Crippen LogP contribution >= 0.6 is 0 Å². The van der Waals surface area contributed by atoms with Crippen molar-refractivity contribution in [3.8, 4) is 0 Å². The van der Waals surface area contributed by atoms with Crippen molar-refractivity contribution in [2.24, 2.45) is 11.3 Å². The van der Waals surface area contributed by atoms with Crippen LogP contribution < -0.4 is 10.6 Å². The molecule has 2 saturated heterocycles. The van der Waals surface area contributed by atoms with Crippen LogP contribution in [0.3, 0.4) is 0 Å². The van der Waals surface area contributed by atoms with Crippen LogP contribution in [-0.2, 0) is 19.2 Å². The van der Waals surface area contributed by atoms with Gasteiger partial charge in [-0.1, -0.05) is 53.2 Å². The lowest BCUT2D eigenvalue weighted by Gasteiger charge is -2.41. The maximum Gasteiger partial charge on any atom is 0.249 e. The molecule has 2 rings (SSSR count). The van der Waals surface area contributed by atoms with E-state index in [-0.39, 0.29) is 47.7 Å². The summed E-state index contributed by atoms with van der Waals surface area (Å²) in [6.07, 6.45) is 7.70. The smallest absolute Gasteiger partial charge is 0.249 e. The Bertz CT molecular complexity index is 983. The number of hydrogen-bond donors (Lipinski definition) is 2. The molecule has 0 aromatic rings. The first-order valence-corrected chi connectivity index (χ1v) is 15.3. The predicted octanol–water partition coefficient (Wildman–Crippen LogP) is 3.50. The van der Waals surface area contributed by atoms with Crippen LogP contribution in [0.5, 0.6) is 0 Å². The number of piperidine rings is 1. The molecule has 9 nitrogen and oxygen atoms in total. The normalized spacial score (nSPS) is 21.9. The summed E-state index contributed by atoms with van der Waals surface area (Å²) in [4.78, 5) is 59.2. The van der Waals surface area contributed by atoms with E-state index < -0.39 is 17.5 Å². The zero-order chi connectivity index (χ0) is 31.1. The quantitative estimate of drug-likeness (QED) is 0.291. The summed E-state index contributed by atoms with van der Waals surface area (Å²) in [5.41, 5.74) is -0.0198. The SMILES string of the molecule is C=CCNC(=O)[C@@H]1CCCN1C(=O)/C(C)=C/[C@H](C(C)C)N(C)C(=O)[C@@H](NC(=O)C1CCCCN1C(C)C)C(C)(C)C. The molecule has 2 N–H and O–H groups in total. The van der Waals surface area contributed by atoms with Gasteiger partial charge < -0.3 is 20.4 Å². The monoisotopic (exact) mass is 573 g/mol. The number of carbonyl (C=O) groups is 4. The molecule has 2 aliphatic rings. The van der Waals surface area contributed by atoms with E-state index in [1.54, 1.807) is 29.8 Å². The molecule has 9 heteroatoms. The zero-order valence-electron chi connectivity index (χ0n) is 27.0. The molecule has 0 radical (unpaired) electrons. The van der Waals surface area contributed by atoms with Crippen molar-refractivity contribution in [1.82, 2.24) is 25.3 Å². The molecule has 0 spiro atoms. The maximum atomic E-state index is 14.0. The fourth-order valence-corrected chi connectivity index (χ4v) is 5.97. The Balaban J connectivity index is 2.26. The van der Waals surface area contributed by atoms with Crippen LogP contribution in [0, 0.1) is 11.3 Å². The van der Waals surface area contributed by atoms with Gasteiger partial charge in [0.05, 0.1) is 12.1 Å². The molecule has 2 heterocycles. The van der Waals surface area contributed by atoms with Crippen molar-refractivity contribution in [2.45, 2.75) is 118 Å². The van der Waals surface area contributed by atoms with E-state index in [0.29, 0.717) is 25.1 Å². The standard InChI is InChI=1S/C32H55N5O4/c1-11-17-33-28(38)24-16-14-19-37(24)30(40)23(6)20-26(21(2)3)35(10)31(41)27(32(7,8)9)34-29(39)25-15-12-13-18-36(25)22(4)5/h11,20-22,24-27H,1,12-19H2,2-10H3,(H,33,38)(H,34,39)/b23-20+/t24-,25?,26+,27+/m0/s1. The summed E-state index contributed by atoms with van der Waals surface area (Å²) in [6, 6.07) is -1.60. The van der Waals surface area contributed by atoms with Crippen molar-refractivity contribution >= 4 is 23.6 Å². The van der Waals surface area contributed by atoms with E-state index in [4.69, 9.17) is 0 Å². The average molecular weight is 574 g/mol. The topological polar surface area (TPSA) is 102 Å². The average Bonchev–Trinajstić information content (AvgIpc) is 3.41. The lowest BCUT2D eigenvalue weighted by molar-refractivity contribution is -0.142. The Morgan fingerprint density at radius 1 is 0.976 bits per heavy atom. The van der Waals surface area contributed by atoms with Crippen molar-refractivity contribution in [1.29, 1.82) is 0 Å². The molecular formula is C32H55N5O4. The molecule has 41 heavy (non-hydrogen) atoms. The lowest BCUT2D eigenvalue weighted by atomic mass is 9.84. The van der Waals surface area contributed by atoms with E-state index >= 15 is 0 Å². The van der Waals surface area contributed by atoms with Crippen LogP contribution in [0.15, 0.2) is 24.3 Å². The second-order valence-corrected chi connectivity index (χ2v) is 13.4. The van der Waals surface area contributed by atoms with Crippen LogP contribution in [0.1, 0.15) is 87.5 Å². The van der Waals surface area contributed by atoms with Crippen molar-refractivity contribution < 1.29 is 19.2 Å². The first-order chi connectivity index (χ1) is 19.1. The number of amides is 4. The summed E-state index contributed by atoms with van der Waals surface area (Å²) >= 11 is 0. The first-order valence-electron chi connectivity index (χ1n) is 15.3. The van der Waals surface area contributed by atoms with Gasteiger partial charge in [0.25, 0.3) is 0 Å². The first kappa shape index (κ1) is 34.5. The summed E-state index contributed by atoms with van der Waals surface area (Å²) in [6.45, 7) is 21.3. The minimum atomic E-state index is -0.724. The minimum absolute atomic E-state index is 0.0167. The second-order valence-electron chi connectivity index (χ2n) is 13.4. The van der Waals surface area contributed by atoms with Gasteiger partial charge in [0.1, 0.15) is 12.1 Å². The van der Waals surface area contributed by atoms with Crippen LogP contribution in [0.2, 0.25) is 0 Å². The number of hydrogen-bond acceptors (Lipinski definition) is 5. The highest BCUT2D eigenvalue weighted by atomic mass is 16.2. The number of likely N-dealkylation sites (tertiary alicyclic amines) is 2. The van der Waals surface area contributed by atoms with Gasteiger partial charge in [0.15, 0.2) is 0 Å². The Hall–Kier alpha value is -2.68. The Kier molecular flexibility index (Phi) is 12.6. The summed E-state index contributed by atoms with van der Waals surface area (Å²) in [5.74, 6) is -0.634. The Labute approximate surface area is 248 Å². The van der Waals surface area contributed by atoms with Crippen molar-refractivity contribution in [2.75, 3.05) is 26.7 Å². The van der Waals surface area contributed by atoms with Crippen LogP contribution in [0.4, 0.5) is 0 Å². The van der Waals surface area contributed by atoms with Gasteiger partial charge in [0.2, 0.25) is 23.6 Å². The molecule has 2 fully saturated rings. The van der Waals surface area contributed by atoms with Gasteiger partial charge in [-0.2, -0.15) is 0 Å². The minimum Gasteiger partial charge on any atom is -0.351 e. The maximum absolute atomic E-state index is 14.0. The van der Waals surface area contributed by atoms with E-state index in [0.717, 1.165) is 32.2 Å². The van der Waals surface area contributed by atoms with E-state index in [1.165, 1.54) is 0 Å². The van der Waals surface area contributed by atoms with Gasteiger partial charge in [-0.05, 0) is 64.3 Å². The van der Waals surface area contributed by atoms with Gasteiger partial charge in [-0.25, -0.2) is 0 Å². The molecule has 232 valence electrons. The second kappa shape index (κ2) is 15.0. The van der Waals surface area contributed by atoms with Crippen LogP contribution in [0.25, 0.3) is 0 Å². The fourth-order valence-electron chi connectivity index (χ4n) is 5.97. The highest BCUT2D eigenvalue weighted by molar-refractivity contribution is 5.97. The zero-order valence-corrected chi connectivity index (χ0v) is 27.0. The molecule has 1 unspecified atom stereocenters. The van der Waals surface area contributed by atoms with Gasteiger partial charge in [0, 0.05) is 31.8 Å². The number of rotatable bonds is 11. The highest BCUT2D eigenvalue weighted by Crippen LogP contribution is 2.26. The molecule has 4 amide bonds. The Morgan fingerprint density at radius 2 is 1.61 bits per heavy atom. The predicted molar refractivity (Wildman–Crippen MR) is 164 cm³/mol. The highest BCUT2D eigenvalue weighted by Gasteiger charge is 2.40. The summed E-state index contributed by atoms with van der Waals surface area (Å²) < 4.78 is 0. The Morgan fingerprint density at radius 3 is 2.17 bits per heavy atom. The van der Waals surface area contributed by atoms with Gasteiger partial charge in [-0.15, -0.1) is 6.58 Å². The number of nitrogens with zero attached hydrogens (tertiary/aromatic N) is 3. The van der Waals surface area contributed by atoms with E-state index in [2.05, 4.69) is 36.0 Å². The molecule has 4 atom stereocenters. The number of carbonyl (C=O) groups excluding carboxylic acids is 4. The third kappa shape index (κ3) is 8.90. The third-order valence-electron chi connectivity index (χ3n) is 8.38. The number of likely N-dealkylation sites (N-methyl/N-ethyl adjacent to an activating group) is 1. The van der Waals surface area contributed by atoms with E-state index in [1.807, 2.05) is 40.7 Å². The van der Waals surface area contributed by atoms with Crippen molar-refractivity contribution in [3.63, 3.8) is 0 Å². The van der Waals surface area contributed by atoms with Crippen molar-refractivity contribution in [3.05, 3.63) is 24.3 Å². The third-order valence-corrected chi connectivity index (χ3v) is 8.38. The van der Waals surface area contributed by atoms with Gasteiger partial charge in [-0.3, -0.25) is 24.1 Å².